The normalized spacial score (nSPS) is 10.6. The molecule has 26 heavy (non-hydrogen) atoms. The van der Waals surface area contributed by atoms with E-state index < -0.39 is 12.6 Å². The Labute approximate surface area is 157 Å². The molecular weight excluding hydrogens is 404 g/mol. The number of esters is 1. The third-order valence-electron chi connectivity index (χ3n) is 3.73. The second kappa shape index (κ2) is 7.61. The van der Waals surface area contributed by atoms with Crippen molar-refractivity contribution in [3.63, 3.8) is 0 Å². The van der Waals surface area contributed by atoms with Crippen molar-refractivity contribution in [1.29, 1.82) is 0 Å². The van der Waals surface area contributed by atoms with Gasteiger partial charge in [-0.1, -0.05) is 12.1 Å². The van der Waals surface area contributed by atoms with Gasteiger partial charge in [-0.15, -0.1) is 0 Å². The minimum Gasteiger partial charge on any atom is -0.496 e. The first-order valence-corrected chi connectivity index (χ1v) is 8.43. The van der Waals surface area contributed by atoms with Crippen molar-refractivity contribution in [2.24, 2.45) is 0 Å². The van der Waals surface area contributed by atoms with Gasteiger partial charge in [-0.05, 0) is 46.3 Å². The van der Waals surface area contributed by atoms with Crippen molar-refractivity contribution in [2.75, 3.05) is 20.8 Å². The van der Waals surface area contributed by atoms with Crippen molar-refractivity contribution in [3.05, 3.63) is 57.2 Å². The van der Waals surface area contributed by atoms with Crippen molar-refractivity contribution < 1.29 is 23.4 Å². The molecular formula is C19H15BrO6. The Bertz CT molecular complexity index is 1020. The highest BCUT2D eigenvalue weighted by atomic mass is 79.9. The minimum atomic E-state index is -0.598. The second-order valence-corrected chi connectivity index (χ2v) is 6.15. The zero-order valence-electron chi connectivity index (χ0n) is 14.1. The van der Waals surface area contributed by atoms with E-state index in [1.54, 1.807) is 49.6 Å². The first-order valence-electron chi connectivity index (χ1n) is 7.64. The van der Waals surface area contributed by atoms with Crippen LogP contribution in [0.5, 0.6) is 11.5 Å². The summed E-state index contributed by atoms with van der Waals surface area (Å²) in [6.45, 7) is -0.399. The monoisotopic (exact) mass is 418 g/mol. The number of hydrogen-bond acceptors (Lipinski definition) is 6. The number of ether oxygens (including phenoxy) is 3. The number of benzene rings is 2. The van der Waals surface area contributed by atoms with E-state index in [0.29, 0.717) is 26.8 Å². The number of halogens is 1. The smallest absolute Gasteiger partial charge is 0.343 e. The van der Waals surface area contributed by atoms with Crippen LogP contribution in [0.2, 0.25) is 0 Å². The van der Waals surface area contributed by atoms with Crippen molar-refractivity contribution >= 4 is 32.9 Å². The summed E-state index contributed by atoms with van der Waals surface area (Å²) in [4.78, 5) is 24.3. The predicted octanol–water partition coefficient (Wildman–Crippen LogP) is 3.78. The molecule has 0 aliphatic heterocycles. The van der Waals surface area contributed by atoms with Gasteiger partial charge in [0.1, 0.15) is 11.3 Å². The van der Waals surface area contributed by atoms with Gasteiger partial charge >= 0.3 is 5.97 Å². The Morgan fingerprint density at radius 3 is 2.62 bits per heavy atom. The molecule has 0 spiro atoms. The molecule has 0 bridgehead atoms. The predicted molar refractivity (Wildman–Crippen MR) is 99.7 cm³/mol. The maximum atomic E-state index is 12.9. The fourth-order valence-electron chi connectivity index (χ4n) is 2.44. The molecule has 0 aliphatic rings. The maximum absolute atomic E-state index is 12.9. The fourth-order valence-corrected chi connectivity index (χ4v) is 2.98. The first-order chi connectivity index (χ1) is 12.5. The zero-order chi connectivity index (χ0) is 18.7. The van der Waals surface area contributed by atoms with Crippen molar-refractivity contribution in [2.45, 2.75) is 0 Å². The molecule has 3 aromatic rings. The van der Waals surface area contributed by atoms with Crippen molar-refractivity contribution in [3.8, 4) is 22.8 Å². The van der Waals surface area contributed by atoms with Gasteiger partial charge in [0.05, 0.1) is 24.1 Å². The van der Waals surface area contributed by atoms with E-state index in [-0.39, 0.29) is 16.9 Å². The van der Waals surface area contributed by atoms with Gasteiger partial charge in [-0.3, -0.25) is 4.79 Å². The van der Waals surface area contributed by atoms with Crippen LogP contribution in [-0.4, -0.2) is 26.8 Å². The highest BCUT2D eigenvalue weighted by molar-refractivity contribution is 9.10. The molecule has 134 valence electrons. The largest absolute Gasteiger partial charge is 0.496 e. The summed E-state index contributed by atoms with van der Waals surface area (Å²) in [6, 6.07) is 12.1. The molecule has 0 saturated heterocycles. The van der Waals surface area contributed by atoms with E-state index in [0.717, 1.165) is 0 Å². The highest BCUT2D eigenvalue weighted by Crippen LogP contribution is 2.35. The molecule has 0 radical (unpaired) electrons. The molecule has 2 aromatic carbocycles. The summed E-state index contributed by atoms with van der Waals surface area (Å²) >= 11 is 3.41. The van der Waals surface area contributed by atoms with Crippen LogP contribution in [0.4, 0.5) is 0 Å². The third kappa shape index (κ3) is 3.43. The molecule has 3 rings (SSSR count). The van der Waals surface area contributed by atoms with Gasteiger partial charge in [0.2, 0.25) is 11.2 Å². The van der Waals surface area contributed by atoms with Crippen LogP contribution in [0.1, 0.15) is 0 Å². The molecule has 6 nitrogen and oxygen atoms in total. The molecule has 1 heterocycles. The number of fused-ring (bicyclic) bond motifs is 1. The lowest BCUT2D eigenvalue weighted by molar-refractivity contribution is -0.142. The third-order valence-corrected chi connectivity index (χ3v) is 4.35. The van der Waals surface area contributed by atoms with Crippen LogP contribution >= 0.6 is 15.9 Å². The molecule has 1 aromatic heterocycles. The summed E-state index contributed by atoms with van der Waals surface area (Å²) in [5.74, 6) is 0.209. The van der Waals surface area contributed by atoms with Gasteiger partial charge in [0.15, 0.2) is 12.4 Å². The molecule has 0 saturated carbocycles. The lowest BCUT2D eigenvalue weighted by Crippen LogP contribution is -2.17. The maximum Gasteiger partial charge on any atom is 0.343 e. The molecule has 0 fully saturated rings. The first kappa shape index (κ1) is 18.0. The molecule has 7 heteroatoms. The van der Waals surface area contributed by atoms with Gasteiger partial charge in [-0.25, -0.2) is 4.79 Å². The van der Waals surface area contributed by atoms with E-state index in [1.807, 2.05) is 0 Å². The lowest BCUT2D eigenvalue weighted by Gasteiger charge is -2.12. The highest BCUT2D eigenvalue weighted by Gasteiger charge is 2.19. The summed E-state index contributed by atoms with van der Waals surface area (Å²) in [6.07, 6.45) is 0. The molecule has 0 amide bonds. The number of carbonyl (C=O) groups excluding carboxylic acids is 1. The van der Waals surface area contributed by atoms with Gasteiger partial charge in [-0.2, -0.15) is 0 Å². The molecule has 0 N–H and O–H groups in total. The fraction of sp³-hybridized carbons (Fsp3) is 0.158. The quantitative estimate of drug-likeness (QED) is 0.586. The van der Waals surface area contributed by atoms with Gasteiger partial charge in [0.25, 0.3) is 0 Å². The Balaban J connectivity index is 2.20. The molecule has 0 atom stereocenters. The van der Waals surface area contributed by atoms with Crippen LogP contribution < -0.4 is 14.9 Å². The Hall–Kier alpha value is -2.80. The standard InChI is InChI=1S/C19H15BrO6/c1-23-15-8-7-11(9-13(15)20)18-19(25-10-16(21)24-2)17(22)12-5-3-4-6-14(12)26-18/h3-9H,10H2,1-2H3. The Morgan fingerprint density at radius 1 is 1.15 bits per heavy atom. The lowest BCUT2D eigenvalue weighted by atomic mass is 10.1. The van der Waals surface area contributed by atoms with Crippen LogP contribution in [0.15, 0.2) is 56.1 Å². The van der Waals surface area contributed by atoms with Crippen LogP contribution in [-0.2, 0) is 9.53 Å². The molecule has 0 unspecified atom stereocenters. The van der Waals surface area contributed by atoms with E-state index >= 15 is 0 Å². The minimum absolute atomic E-state index is 0.0498. The second-order valence-electron chi connectivity index (χ2n) is 5.30. The topological polar surface area (TPSA) is 75.0 Å². The SMILES string of the molecule is COC(=O)COc1c(-c2ccc(OC)c(Br)c2)oc2ccccc2c1=O. The van der Waals surface area contributed by atoms with E-state index in [9.17, 15) is 9.59 Å². The average molecular weight is 419 g/mol. The summed E-state index contributed by atoms with van der Waals surface area (Å²) < 4.78 is 21.9. The van der Waals surface area contributed by atoms with E-state index in [4.69, 9.17) is 13.9 Å². The summed E-state index contributed by atoms with van der Waals surface area (Å²) in [5.41, 5.74) is 0.656. The van der Waals surface area contributed by atoms with Crippen molar-refractivity contribution in [1.82, 2.24) is 0 Å². The number of rotatable bonds is 5. The average Bonchev–Trinajstić information content (AvgIpc) is 2.66. The van der Waals surface area contributed by atoms with Gasteiger partial charge in [0, 0.05) is 5.56 Å². The Morgan fingerprint density at radius 2 is 1.92 bits per heavy atom. The van der Waals surface area contributed by atoms with Crippen LogP contribution in [0.25, 0.3) is 22.3 Å². The van der Waals surface area contributed by atoms with Crippen LogP contribution in [0.3, 0.4) is 0 Å². The van der Waals surface area contributed by atoms with E-state index in [2.05, 4.69) is 20.7 Å². The summed E-state index contributed by atoms with van der Waals surface area (Å²) in [7, 11) is 2.80. The van der Waals surface area contributed by atoms with Crippen LogP contribution in [0, 0.1) is 0 Å². The van der Waals surface area contributed by atoms with Gasteiger partial charge < -0.3 is 18.6 Å². The summed E-state index contributed by atoms with van der Waals surface area (Å²) in [5, 5.41) is 0.365. The number of carbonyl (C=O) groups is 1. The zero-order valence-corrected chi connectivity index (χ0v) is 15.7. The number of hydrogen-bond donors (Lipinski definition) is 0. The Kier molecular flexibility index (Phi) is 5.27. The number of para-hydroxylation sites is 1. The van der Waals surface area contributed by atoms with E-state index in [1.165, 1.54) is 7.11 Å². The molecule has 0 aliphatic carbocycles. The number of methoxy groups -OCH3 is 2.